The van der Waals surface area contributed by atoms with Crippen molar-refractivity contribution in [2.24, 2.45) is 11.3 Å². The molecule has 2 unspecified atom stereocenters. The van der Waals surface area contributed by atoms with Crippen LogP contribution >= 0.6 is 11.6 Å². The number of carbonyl (C=O) groups is 1. The molecule has 1 saturated carbocycles. The van der Waals surface area contributed by atoms with E-state index in [0.717, 1.165) is 43.6 Å². The fraction of sp³-hybridized carbons (Fsp3) is 0.688. The minimum atomic E-state index is -0.370. The van der Waals surface area contributed by atoms with Crippen LogP contribution in [-0.4, -0.2) is 36.1 Å². The number of halogens is 1. The highest BCUT2D eigenvalue weighted by Gasteiger charge is 2.55. The first-order valence-corrected chi connectivity index (χ1v) is 8.26. The molecule has 1 aromatic heterocycles. The van der Waals surface area contributed by atoms with Gasteiger partial charge in [-0.15, -0.1) is 0 Å². The summed E-state index contributed by atoms with van der Waals surface area (Å²) < 4.78 is 5.10. The van der Waals surface area contributed by atoms with Gasteiger partial charge in [0.1, 0.15) is 16.8 Å². The lowest BCUT2D eigenvalue weighted by Gasteiger charge is -2.26. The molecule has 2 aliphatic rings. The SMILES string of the molecule is CCc1c(Cl)nc(C)nc1N1CC2CCCC2(C(=O)OC)C1. The van der Waals surface area contributed by atoms with Crippen LogP contribution in [0.5, 0.6) is 0 Å². The third-order valence-electron chi connectivity index (χ3n) is 5.16. The number of hydrogen-bond donors (Lipinski definition) is 0. The van der Waals surface area contributed by atoms with Gasteiger partial charge in [0.15, 0.2) is 0 Å². The summed E-state index contributed by atoms with van der Waals surface area (Å²) in [6, 6.07) is 0. The molecule has 1 aromatic rings. The highest BCUT2D eigenvalue weighted by Crippen LogP contribution is 2.50. The van der Waals surface area contributed by atoms with Crippen molar-refractivity contribution in [1.29, 1.82) is 0 Å². The van der Waals surface area contributed by atoms with Crippen molar-refractivity contribution in [1.82, 2.24) is 9.97 Å². The average molecular weight is 324 g/mol. The second-order valence-electron chi connectivity index (χ2n) is 6.33. The summed E-state index contributed by atoms with van der Waals surface area (Å²) in [6.07, 6.45) is 3.85. The number of rotatable bonds is 3. The van der Waals surface area contributed by atoms with Crippen LogP contribution in [0.4, 0.5) is 5.82 Å². The van der Waals surface area contributed by atoms with Crippen LogP contribution in [0.1, 0.15) is 37.6 Å². The van der Waals surface area contributed by atoms with E-state index in [4.69, 9.17) is 16.3 Å². The Morgan fingerprint density at radius 1 is 1.50 bits per heavy atom. The lowest BCUT2D eigenvalue weighted by Crippen LogP contribution is -2.37. The molecule has 120 valence electrons. The van der Waals surface area contributed by atoms with Crippen molar-refractivity contribution in [3.63, 3.8) is 0 Å². The molecule has 0 radical (unpaired) electrons. The Kier molecular flexibility index (Phi) is 4.02. The van der Waals surface area contributed by atoms with Crippen LogP contribution < -0.4 is 4.90 Å². The standard InChI is InChI=1S/C16H22ClN3O2/c1-4-12-13(17)18-10(2)19-14(12)20-8-11-6-5-7-16(11,9-20)15(21)22-3/h11H,4-9H2,1-3H3. The van der Waals surface area contributed by atoms with E-state index in [2.05, 4.69) is 21.8 Å². The van der Waals surface area contributed by atoms with E-state index in [1.54, 1.807) is 0 Å². The summed E-state index contributed by atoms with van der Waals surface area (Å²) in [5.74, 6) is 1.82. The molecule has 6 heteroatoms. The third-order valence-corrected chi connectivity index (χ3v) is 5.47. The number of ether oxygens (including phenoxy) is 1. The second kappa shape index (κ2) is 5.69. The third kappa shape index (κ3) is 2.26. The largest absolute Gasteiger partial charge is 0.469 e. The molecule has 1 aliphatic heterocycles. The number of aryl methyl sites for hydroxylation is 1. The molecule has 0 spiro atoms. The Bertz CT molecular complexity index is 607. The highest BCUT2D eigenvalue weighted by atomic mass is 35.5. The van der Waals surface area contributed by atoms with Crippen molar-refractivity contribution in [2.45, 2.75) is 39.5 Å². The van der Waals surface area contributed by atoms with Crippen molar-refractivity contribution in [2.75, 3.05) is 25.1 Å². The van der Waals surface area contributed by atoms with Gasteiger partial charge in [0.25, 0.3) is 0 Å². The van der Waals surface area contributed by atoms with Gasteiger partial charge in [-0.3, -0.25) is 4.79 Å². The molecule has 0 amide bonds. The Balaban J connectivity index is 1.97. The molecule has 22 heavy (non-hydrogen) atoms. The van der Waals surface area contributed by atoms with Crippen LogP contribution in [0, 0.1) is 18.3 Å². The molecular weight excluding hydrogens is 302 g/mol. The van der Waals surface area contributed by atoms with E-state index in [0.29, 0.717) is 23.4 Å². The summed E-state index contributed by atoms with van der Waals surface area (Å²) >= 11 is 6.29. The number of hydrogen-bond acceptors (Lipinski definition) is 5. The van der Waals surface area contributed by atoms with Crippen LogP contribution in [0.2, 0.25) is 5.15 Å². The topological polar surface area (TPSA) is 55.3 Å². The Hall–Kier alpha value is -1.36. The minimum Gasteiger partial charge on any atom is -0.469 e. The van der Waals surface area contributed by atoms with Crippen LogP contribution in [0.3, 0.4) is 0 Å². The molecule has 2 fully saturated rings. The lowest BCUT2D eigenvalue weighted by molar-refractivity contribution is -0.152. The predicted molar refractivity (Wildman–Crippen MR) is 85.2 cm³/mol. The number of methoxy groups -OCH3 is 1. The lowest BCUT2D eigenvalue weighted by atomic mass is 9.81. The summed E-state index contributed by atoms with van der Waals surface area (Å²) in [5.41, 5.74) is 0.595. The van der Waals surface area contributed by atoms with Crippen molar-refractivity contribution in [3.05, 3.63) is 16.5 Å². The fourth-order valence-corrected chi connectivity index (χ4v) is 4.44. The second-order valence-corrected chi connectivity index (χ2v) is 6.69. The van der Waals surface area contributed by atoms with Gasteiger partial charge in [-0.1, -0.05) is 24.9 Å². The first kappa shape index (κ1) is 15.5. The highest BCUT2D eigenvalue weighted by molar-refractivity contribution is 6.30. The summed E-state index contributed by atoms with van der Waals surface area (Å²) in [6.45, 7) is 5.41. The quantitative estimate of drug-likeness (QED) is 0.632. The maximum absolute atomic E-state index is 12.4. The number of anilines is 1. The Morgan fingerprint density at radius 3 is 2.95 bits per heavy atom. The van der Waals surface area contributed by atoms with E-state index in [9.17, 15) is 4.79 Å². The molecule has 0 bridgehead atoms. The normalized spacial score (nSPS) is 27.1. The number of carbonyl (C=O) groups excluding carboxylic acids is 1. The summed E-state index contributed by atoms with van der Waals surface area (Å²) in [4.78, 5) is 23.4. The zero-order valence-electron chi connectivity index (χ0n) is 13.4. The summed E-state index contributed by atoms with van der Waals surface area (Å²) in [7, 11) is 1.48. The molecule has 0 aromatic carbocycles. The fourth-order valence-electron chi connectivity index (χ4n) is 4.10. The molecular formula is C16H22ClN3O2. The van der Waals surface area contributed by atoms with Gasteiger partial charge in [0.05, 0.1) is 12.5 Å². The Morgan fingerprint density at radius 2 is 2.27 bits per heavy atom. The first-order chi connectivity index (χ1) is 10.5. The zero-order chi connectivity index (χ0) is 15.9. The van der Waals surface area contributed by atoms with Crippen molar-refractivity contribution in [3.8, 4) is 0 Å². The summed E-state index contributed by atoms with van der Waals surface area (Å²) in [5, 5.41) is 0.522. The van der Waals surface area contributed by atoms with E-state index in [1.165, 1.54) is 7.11 Å². The van der Waals surface area contributed by atoms with Gasteiger partial charge in [-0.2, -0.15) is 0 Å². The average Bonchev–Trinajstić information content (AvgIpc) is 3.03. The number of aromatic nitrogens is 2. The maximum Gasteiger partial charge on any atom is 0.313 e. The zero-order valence-corrected chi connectivity index (χ0v) is 14.1. The number of fused-ring (bicyclic) bond motifs is 1. The minimum absolute atomic E-state index is 0.0765. The van der Waals surface area contributed by atoms with Gasteiger partial charge in [0.2, 0.25) is 0 Å². The smallest absolute Gasteiger partial charge is 0.313 e. The molecule has 1 aliphatic carbocycles. The molecule has 0 N–H and O–H groups in total. The maximum atomic E-state index is 12.4. The van der Waals surface area contributed by atoms with Crippen LogP contribution in [0.15, 0.2) is 0 Å². The van der Waals surface area contributed by atoms with Gasteiger partial charge < -0.3 is 9.64 Å². The van der Waals surface area contributed by atoms with Gasteiger partial charge in [0, 0.05) is 18.7 Å². The number of nitrogens with zero attached hydrogens (tertiary/aromatic N) is 3. The molecule has 2 atom stereocenters. The van der Waals surface area contributed by atoms with Crippen molar-refractivity contribution >= 4 is 23.4 Å². The van der Waals surface area contributed by atoms with Crippen LogP contribution in [0.25, 0.3) is 0 Å². The van der Waals surface area contributed by atoms with Crippen molar-refractivity contribution < 1.29 is 9.53 Å². The van der Waals surface area contributed by atoms with E-state index < -0.39 is 0 Å². The van der Waals surface area contributed by atoms with Gasteiger partial charge in [-0.05, 0) is 32.1 Å². The van der Waals surface area contributed by atoms with Crippen LogP contribution in [-0.2, 0) is 16.0 Å². The first-order valence-electron chi connectivity index (χ1n) is 7.88. The monoisotopic (exact) mass is 323 g/mol. The van der Waals surface area contributed by atoms with E-state index >= 15 is 0 Å². The Labute approximate surface area is 136 Å². The number of esters is 1. The van der Waals surface area contributed by atoms with E-state index in [-0.39, 0.29) is 11.4 Å². The molecule has 3 rings (SSSR count). The van der Waals surface area contributed by atoms with Gasteiger partial charge in [-0.25, -0.2) is 9.97 Å². The molecule has 1 saturated heterocycles. The molecule has 2 heterocycles. The predicted octanol–water partition coefficient (Wildman–Crippen LogP) is 2.78. The van der Waals surface area contributed by atoms with Gasteiger partial charge >= 0.3 is 5.97 Å². The van der Waals surface area contributed by atoms with E-state index in [1.807, 2.05) is 6.92 Å². The molecule has 5 nitrogen and oxygen atoms in total.